The van der Waals surface area contributed by atoms with Crippen molar-refractivity contribution < 1.29 is 33.3 Å². The number of rotatable bonds is 7. The van der Waals surface area contributed by atoms with E-state index in [-0.39, 0.29) is 6.10 Å². The largest absolute Gasteiger partial charge is 0.491 e. The summed E-state index contributed by atoms with van der Waals surface area (Å²) in [7, 11) is 0. The van der Waals surface area contributed by atoms with Crippen molar-refractivity contribution in [2.45, 2.75) is 18.9 Å². The molecule has 0 bridgehead atoms. The molecule has 2 aliphatic heterocycles. The first-order chi connectivity index (χ1) is 14.7. The summed E-state index contributed by atoms with van der Waals surface area (Å²) < 4.78 is 27.2. The van der Waals surface area contributed by atoms with E-state index in [0.29, 0.717) is 48.3 Å². The average Bonchev–Trinajstić information content (AvgIpc) is 3.30. The van der Waals surface area contributed by atoms with Crippen LogP contribution in [-0.2, 0) is 14.3 Å². The van der Waals surface area contributed by atoms with E-state index in [0.717, 1.165) is 19.4 Å². The van der Waals surface area contributed by atoms with Gasteiger partial charge in [-0.15, -0.1) is 0 Å². The summed E-state index contributed by atoms with van der Waals surface area (Å²) in [5.41, 5.74) is 0.875. The van der Waals surface area contributed by atoms with E-state index in [1.807, 2.05) is 0 Å². The number of fused-ring (bicyclic) bond motifs is 1. The second-order valence-corrected chi connectivity index (χ2v) is 6.95. The third-order valence-electron chi connectivity index (χ3n) is 4.71. The monoisotopic (exact) mass is 413 g/mol. The summed E-state index contributed by atoms with van der Waals surface area (Å²) in [6.07, 6.45) is 2.18. The number of hydrogen-bond donors (Lipinski definition) is 1. The fourth-order valence-corrected chi connectivity index (χ4v) is 3.18. The Labute approximate surface area is 174 Å². The Morgan fingerprint density at radius 1 is 1.00 bits per heavy atom. The maximum Gasteiger partial charge on any atom is 0.338 e. The molecule has 1 N–H and O–H groups in total. The molecule has 0 spiro atoms. The first kappa shape index (κ1) is 20.0. The predicted molar refractivity (Wildman–Crippen MR) is 107 cm³/mol. The molecule has 1 amide bonds. The van der Waals surface area contributed by atoms with Crippen LogP contribution in [0.5, 0.6) is 17.2 Å². The molecule has 1 fully saturated rings. The van der Waals surface area contributed by atoms with Gasteiger partial charge in [-0.05, 0) is 49.2 Å². The van der Waals surface area contributed by atoms with Crippen LogP contribution in [0, 0.1) is 0 Å². The minimum absolute atomic E-state index is 0.127. The van der Waals surface area contributed by atoms with E-state index in [1.165, 1.54) is 0 Å². The van der Waals surface area contributed by atoms with E-state index in [1.54, 1.807) is 42.5 Å². The van der Waals surface area contributed by atoms with E-state index >= 15 is 0 Å². The number of esters is 1. The molecule has 8 heteroatoms. The quantitative estimate of drug-likeness (QED) is 0.698. The molecule has 0 unspecified atom stereocenters. The number of carbonyl (C=O) groups excluding carboxylic acids is 2. The summed E-state index contributed by atoms with van der Waals surface area (Å²) in [6.45, 7) is 1.83. The third kappa shape index (κ3) is 5.21. The zero-order valence-corrected chi connectivity index (χ0v) is 16.4. The normalized spacial score (nSPS) is 17.3. The van der Waals surface area contributed by atoms with Crippen LogP contribution < -0.4 is 19.5 Å². The first-order valence-corrected chi connectivity index (χ1v) is 9.88. The smallest absolute Gasteiger partial charge is 0.338 e. The van der Waals surface area contributed by atoms with Crippen molar-refractivity contribution in [3.05, 3.63) is 48.0 Å². The lowest BCUT2D eigenvalue weighted by Crippen LogP contribution is -2.21. The number of carbonyl (C=O) groups is 2. The van der Waals surface area contributed by atoms with E-state index < -0.39 is 18.5 Å². The van der Waals surface area contributed by atoms with Gasteiger partial charge in [0.2, 0.25) is 0 Å². The zero-order valence-electron chi connectivity index (χ0n) is 16.4. The number of hydrogen-bond acceptors (Lipinski definition) is 7. The maximum absolute atomic E-state index is 12.2. The molecular weight excluding hydrogens is 390 g/mol. The lowest BCUT2D eigenvalue weighted by Gasteiger charge is -2.19. The number of anilines is 1. The second kappa shape index (κ2) is 9.49. The van der Waals surface area contributed by atoms with Crippen molar-refractivity contribution in [3.63, 3.8) is 0 Å². The number of ether oxygens (including phenoxy) is 5. The number of benzene rings is 2. The van der Waals surface area contributed by atoms with Crippen molar-refractivity contribution >= 4 is 17.6 Å². The maximum atomic E-state index is 12.2. The van der Waals surface area contributed by atoms with Crippen LogP contribution in [0.15, 0.2) is 42.5 Å². The summed E-state index contributed by atoms with van der Waals surface area (Å²) in [5, 5.41) is 2.67. The van der Waals surface area contributed by atoms with Gasteiger partial charge in [0.15, 0.2) is 18.1 Å². The van der Waals surface area contributed by atoms with Crippen LogP contribution in [0.3, 0.4) is 0 Å². The first-order valence-electron chi connectivity index (χ1n) is 9.88. The van der Waals surface area contributed by atoms with Gasteiger partial charge in [0.1, 0.15) is 25.6 Å². The lowest BCUT2D eigenvalue weighted by atomic mass is 10.2. The van der Waals surface area contributed by atoms with Crippen LogP contribution in [0.1, 0.15) is 23.2 Å². The Morgan fingerprint density at radius 2 is 1.80 bits per heavy atom. The van der Waals surface area contributed by atoms with E-state index in [4.69, 9.17) is 23.7 Å². The van der Waals surface area contributed by atoms with Gasteiger partial charge in [-0.2, -0.15) is 0 Å². The van der Waals surface area contributed by atoms with Crippen molar-refractivity contribution in [1.82, 2.24) is 0 Å². The minimum Gasteiger partial charge on any atom is -0.491 e. The Balaban J connectivity index is 1.23. The molecule has 0 aliphatic carbocycles. The van der Waals surface area contributed by atoms with Gasteiger partial charge < -0.3 is 29.0 Å². The number of nitrogens with one attached hydrogen (secondary N) is 1. The summed E-state index contributed by atoms with van der Waals surface area (Å²) in [5.74, 6) is 0.819. The fraction of sp³-hybridized carbons (Fsp3) is 0.364. The van der Waals surface area contributed by atoms with Crippen LogP contribution in [0.4, 0.5) is 5.69 Å². The van der Waals surface area contributed by atoms with Gasteiger partial charge in [-0.25, -0.2) is 4.79 Å². The summed E-state index contributed by atoms with van der Waals surface area (Å²) in [4.78, 5) is 24.3. The van der Waals surface area contributed by atoms with Crippen LogP contribution in [-0.4, -0.2) is 51.0 Å². The second-order valence-electron chi connectivity index (χ2n) is 6.95. The molecular formula is C22H23NO7. The molecule has 4 rings (SSSR count). The van der Waals surface area contributed by atoms with Crippen molar-refractivity contribution in [2.75, 3.05) is 38.4 Å². The molecule has 2 heterocycles. The molecule has 158 valence electrons. The standard InChI is InChI=1S/C22H23NO7/c24-21(23-16-5-8-19-20(12-16)28-11-10-27-19)14-30-22(25)15-3-6-17(7-4-15)29-13-18-2-1-9-26-18/h3-8,12,18H,1-2,9-11,13-14H2,(H,23,24)/t18-/m0/s1. The van der Waals surface area contributed by atoms with Gasteiger partial charge in [-0.3, -0.25) is 4.79 Å². The molecule has 2 aromatic carbocycles. The van der Waals surface area contributed by atoms with Crippen molar-refractivity contribution in [3.8, 4) is 17.2 Å². The highest BCUT2D eigenvalue weighted by molar-refractivity contribution is 5.95. The predicted octanol–water partition coefficient (Wildman–Crippen LogP) is 2.81. The molecule has 0 aromatic heterocycles. The minimum atomic E-state index is -0.585. The van der Waals surface area contributed by atoms with E-state index in [9.17, 15) is 9.59 Å². The SMILES string of the molecule is O=C(COC(=O)c1ccc(OC[C@@H]2CCCO2)cc1)Nc1ccc2c(c1)OCCO2. The summed E-state index contributed by atoms with van der Waals surface area (Å²) in [6, 6.07) is 11.7. The highest BCUT2D eigenvalue weighted by Crippen LogP contribution is 2.32. The van der Waals surface area contributed by atoms with Gasteiger partial charge >= 0.3 is 5.97 Å². The van der Waals surface area contributed by atoms with Crippen molar-refractivity contribution in [2.24, 2.45) is 0 Å². The van der Waals surface area contributed by atoms with Crippen molar-refractivity contribution in [1.29, 1.82) is 0 Å². The Morgan fingerprint density at radius 3 is 2.57 bits per heavy atom. The molecule has 30 heavy (non-hydrogen) atoms. The zero-order chi connectivity index (χ0) is 20.8. The highest BCUT2D eigenvalue weighted by atomic mass is 16.6. The van der Waals surface area contributed by atoms with Crippen LogP contribution in [0.2, 0.25) is 0 Å². The number of amides is 1. The molecule has 2 aliphatic rings. The molecule has 2 aromatic rings. The molecule has 0 radical (unpaired) electrons. The third-order valence-corrected chi connectivity index (χ3v) is 4.71. The average molecular weight is 413 g/mol. The fourth-order valence-electron chi connectivity index (χ4n) is 3.18. The Kier molecular flexibility index (Phi) is 6.34. The van der Waals surface area contributed by atoms with Gasteiger partial charge in [0, 0.05) is 18.4 Å². The lowest BCUT2D eigenvalue weighted by molar-refractivity contribution is -0.119. The van der Waals surface area contributed by atoms with Crippen LogP contribution in [0.25, 0.3) is 0 Å². The molecule has 1 atom stereocenters. The van der Waals surface area contributed by atoms with E-state index in [2.05, 4.69) is 5.32 Å². The Bertz CT molecular complexity index is 891. The summed E-state index contributed by atoms with van der Waals surface area (Å²) >= 11 is 0. The Hall–Kier alpha value is -3.26. The topological polar surface area (TPSA) is 92.3 Å². The highest BCUT2D eigenvalue weighted by Gasteiger charge is 2.17. The molecule has 8 nitrogen and oxygen atoms in total. The van der Waals surface area contributed by atoms with Gasteiger partial charge in [0.05, 0.1) is 11.7 Å². The van der Waals surface area contributed by atoms with Gasteiger partial charge in [-0.1, -0.05) is 0 Å². The molecule has 0 saturated carbocycles. The van der Waals surface area contributed by atoms with Crippen LogP contribution >= 0.6 is 0 Å². The molecule has 1 saturated heterocycles. The van der Waals surface area contributed by atoms with Gasteiger partial charge in [0.25, 0.3) is 5.91 Å².